The van der Waals surface area contributed by atoms with Gasteiger partial charge in [0, 0.05) is 6.04 Å². The van der Waals surface area contributed by atoms with Crippen molar-refractivity contribution in [2.45, 2.75) is 56.0 Å². The van der Waals surface area contributed by atoms with E-state index < -0.39 is 27.9 Å². The van der Waals surface area contributed by atoms with Gasteiger partial charge in [-0.05, 0) is 56.2 Å². The summed E-state index contributed by atoms with van der Waals surface area (Å²) in [5.74, 6) is -0.297. The number of carbonyl (C=O) groups excluding carboxylic acids is 2. The molecule has 2 aliphatic rings. The number of aryl methyl sites for hydroxylation is 1. The molecule has 0 N–H and O–H groups in total. The summed E-state index contributed by atoms with van der Waals surface area (Å²) in [5.41, 5.74) is 1.36. The van der Waals surface area contributed by atoms with Crippen LogP contribution in [0.3, 0.4) is 0 Å². The van der Waals surface area contributed by atoms with Crippen LogP contribution in [0.2, 0.25) is 0 Å². The van der Waals surface area contributed by atoms with E-state index in [0.29, 0.717) is 24.3 Å². The number of methoxy groups -OCH3 is 1. The molecule has 0 radical (unpaired) electrons. The number of amides is 2. The summed E-state index contributed by atoms with van der Waals surface area (Å²) in [7, 11) is -2.41. The molecule has 0 aromatic heterocycles. The minimum absolute atomic E-state index is 0.146. The molecule has 2 fully saturated rings. The van der Waals surface area contributed by atoms with Gasteiger partial charge in [-0.3, -0.25) is 9.59 Å². The second kappa shape index (κ2) is 8.43. The Morgan fingerprint density at radius 2 is 1.58 bits per heavy atom. The van der Waals surface area contributed by atoms with Gasteiger partial charge in [0.15, 0.2) is 0 Å². The Morgan fingerprint density at radius 1 is 0.968 bits per heavy atom. The fraction of sp³-hybridized carbons (Fsp3) is 0.391. The standard InChI is InChI=1S/C23H26N2O5S/c1-16-7-13-20(14-8-16)31(28,29)25(18-5-3-4-6-18)21-15-22(26)24(23(21)27)17-9-11-19(30-2)12-10-17/h7-14,18,21H,3-6,15H2,1-2H3. The lowest BCUT2D eigenvalue weighted by atomic mass is 10.2. The van der Waals surface area contributed by atoms with Crippen LogP contribution in [0.5, 0.6) is 5.75 Å². The lowest BCUT2D eigenvalue weighted by Gasteiger charge is -2.32. The molecule has 2 aromatic carbocycles. The number of sulfonamides is 1. The first kappa shape index (κ1) is 21.5. The molecule has 1 aliphatic carbocycles. The Labute approximate surface area is 182 Å². The first-order valence-corrected chi connectivity index (χ1v) is 11.9. The number of nitrogens with zero attached hydrogens (tertiary/aromatic N) is 2. The second-order valence-corrected chi connectivity index (χ2v) is 9.91. The van der Waals surface area contributed by atoms with Crippen LogP contribution in [0.4, 0.5) is 5.69 Å². The molecule has 8 heteroatoms. The van der Waals surface area contributed by atoms with Gasteiger partial charge in [-0.1, -0.05) is 30.5 Å². The van der Waals surface area contributed by atoms with Crippen molar-refractivity contribution in [2.24, 2.45) is 0 Å². The zero-order chi connectivity index (χ0) is 22.2. The summed E-state index contributed by atoms with van der Waals surface area (Å²) in [6.45, 7) is 1.89. The van der Waals surface area contributed by atoms with Crippen molar-refractivity contribution in [3.05, 3.63) is 54.1 Å². The molecule has 4 rings (SSSR count). The Bertz CT molecular complexity index is 1070. The Balaban J connectivity index is 1.71. The van der Waals surface area contributed by atoms with Crippen LogP contribution >= 0.6 is 0 Å². The van der Waals surface area contributed by atoms with Crippen LogP contribution in [0, 0.1) is 6.92 Å². The maximum absolute atomic E-state index is 13.6. The van der Waals surface area contributed by atoms with E-state index in [2.05, 4.69) is 0 Å². The first-order valence-electron chi connectivity index (χ1n) is 10.4. The summed E-state index contributed by atoms with van der Waals surface area (Å²) in [6, 6.07) is 11.9. The fourth-order valence-electron chi connectivity index (χ4n) is 4.43. The van der Waals surface area contributed by atoms with Gasteiger partial charge < -0.3 is 4.74 Å². The Morgan fingerprint density at radius 3 is 2.16 bits per heavy atom. The minimum Gasteiger partial charge on any atom is -0.497 e. The average molecular weight is 443 g/mol. The van der Waals surface area contributed by atoms with Crippen LogP contribution in [-0.4, -0.2) is 43.7 Å². The molecule has 0 bridgehead atoms. The predicted octanol–water partition coefficient (Wildman–Crippen LogP) is 3.27. The van der Waals surface area contributed by atoms with Gasteiger partial charge in [0.2, 0.25) is 15.9 Å². The van der Waals surface area contributed by atoms with E-state index >= 15 is 0 Å². The van der Waals surface area contributed by atoms with E-state index in [1.807, 2.05) is 6.92 Å². The lowest BCUT2D eigenvalue weighted by molar-refractivity contribution is -0.122. The number of benzene rings is 2. The summed E-state index contributed by atoms with van der Waals surface area (Å²) in [4.78, 5) is 27.4. The number of hydrogen-bond donors (Lipinski definition) is 0. The van der Waals surface area contributed by atoms with Crippen molar-refractivity contribution in [1.29, 1.82) is 0 Å². The highest BCUT2D eigenvalue weighted by Crippen LogP contribution is 2.36. The third-order valence-electron chi connectivity index (χ3n) is 6.04. The van der Waals surface area contributed by atoms with E-state index in [1.54, 1.807) is 48.5 Å². The molecule has 1 unspecified atom stereocenters. The van der Waals surface area contributed by atoms with Crippen molar-refractivity contribution in [3.8, 4) is 5.75 Å². The largest absolute Gasteiger partial charge is 0.497 e. The van der Waals surface area contributed by atoms with Crippen molar-refractivity contribution < 1.29 is 22.7 Å². The minimum atomic E-state index is -3.94. The third-order valence-corrected chi connectivity index (χ3v) is 8.02. The topological polar surface area (TPSA) is 84.0 Å². The quantitative estimate of drug-likeness (QED) is 0.641. The Hall–Kier alpha value is -2.71. The van der Waals surface area contributed by atoms with E-state index in [9.17, 15) is 18.0 Å². The second-order valence-electron chi connectivity index (χ2n) is 8.07. The zero-order valence-electron chi connectivity index (χ0n) is 17.7. The van der Waals surface area contributed by atoms with E-state index in [4.69, 9.17) is 4.74 Å². The van der Waals surface area contributed by atoms with Gasteiger partial charge in [-0.15, -0.1) is 0 Å². The summed E-state index contributed by atoms with van der Waals surface area (Å²) >= 11 is 0. The molecule has 1 aliphatic heterocycles. The van der Waals surface area contributed by atoms with Crippen molar-refractivity contribution in [1.82, 2.24) is 4.31 Å². The van der Waals surface area contributed by atoms with Gasteiger partial charge in [-0.2, -0.15) is 4.31 Å². The highest BCUT2D eigenvalue weighted by Gasteiger charge is 2.49. The number of anilines is 1. The van der Waals surface area contributed by atoms with E-state index in [-0.39, 0.29) is 17.4 Å². The lowest BCUT2D eigenvalue weighted by Crippen LogP contribution is -2.49. The molecule has 1 heterocycles. The molecule has 2 aromatic rings. The molecular formula is C23H26N2O5S. The fourth-order valence-corrected chi connectivity index (χ4v) is 6.25. The van der Waals surface area contributed by atoms with Crippen molar-refractivity contribution >= 4 is 27.5 Å². The summed E-state index contributed by atoms with van der Waals surface area (Å²) in [6.07, 6.45) is 3.02. The highest BCUT2D eigenvalue weighted by atomic mass is 32.2. The van der Waals surface area contributed by atoms with Gasteiger partial charge in [0.1, 0.15) is 11.8 Å². The summed E-state index contributed by atoms with van der Waals surface area (Å²) in [5, 5.41) is 0. The van der Waals surface area contributed by atoms with Crippen LogP contribution in [0.15, 0.2) is 53.4 Å². The van der Waals surface area contributed by atoms with E-state index in [1.165, 1.54) is 11.4 Å². The van der Waals surface area contributed by atoms with Crippen molar-refractivity contribution in [3.63, 3.8) is 0 Å². The SMILES string of the molecule is COc1ccc(N2C(=O)CC(N(C3CCCC3)S(=O)(=O)c3ccc(C)cc3)C2=O)cc1. The number of rotatable bonds is 6. The molecular weight excluding hydrogens is 416 g/mol. The number of imide groups is 1. The molecule has 164 valence electrons. The monoisotopic (exact) mass is 442 g/mol. The molecule has 1 saturated heterocycles. The molecule has 2 amide bonds. The van der Waals surface area contributed by atoms with Gasteiger partial charge in [0.25, 0.3) is 5.91 Å². The van der Waals surface area contributed by atoms with E-state index in [0.717, 1.165) is 23.3 Å². The molecule has 0 spiro atoms. The van der Waals surface area contributed by atoms with Gasteiger partial charge in [-0.25, -0.2) is 13.3 Å². The third kappa shape index (κ3) is 3.97. The molecule has 1 atom stereocenters. The predicted molar refractivity (Wildman–Crippen MR) is 116 cm³/mol. The van der Waals surface area contributed by atoms with Gasteiger partial charge in [0.05, 0.1) is 24.1 Å². The van der Waals surface area contributed by atoms with Crippen LogP contribution in [0.1, 0.15) is 37.7 Å². The smallest absolute Gasteiger partial charge is 0.252 e. The molecule has 1 saturated carbocycles. The van der Waals surface area contributed by atoms with Crippen LogP contribution < -0.4 is 9.64 Å². The van der Waals surface area contributed by atoms with Gasteiger partial charge >= 0.3 is 0 Å². The average Bonchev–Trinajstić information content (AvgIpc) is 3.37. The maximum atomic E-state index is 13.6. The van der Waals surface area contributed by atoms with Crippen LogP contribution in [0.25, 0.3) is 0 Å². The Kier molecular flexibility index (Phi) is 5.85. The number of carbonyl (C=O) groups is 2. The zero-order valence-corrected chi connectivity index (χ0v) is 18.5. The summed E-state index contributed by atoms with van der Waals surface area (Å²) < 4.78 is 33.7. The normalized spacial score (nSPS) is 20.1. The molecule has 7 nitrogen and oxygen atoms in total. The molecule has 31 heavy (non-hydrogen) atoms. The van der Waals surface area contributed by atoms with Crippen LogP contribution in [-0.2, 0) is 19.6 Å². The van der Waals surface area contributed by atoms with Crippen molar-refractivity contribution in [2.75, 3.05) is 12.0 Å². The number of ether oxygens (including phenoxy) is 1. The maximum Gasteiger partial charge on any atom is 0.252 e. The first-order chi connectivity index (χ1) is 14.8. The number of hydrogen-bond acceptors (Lipinski definition) is 5. The highest BCUT2D eigenvalue weighted by molar-refractivity contribution is 7.89.